The first kappa shape index (κ1) is 17.2. The van der Waals surface area contributed by atoms with Gasteiger partial charge in [-0.1, -0.05) is 83.9 Å². The molecule has 4 heteroatoms. The van der Waals surface area contributed by atoms with Gasteiger partial charge in [-0.2, -0.15) is 5.26 Å². The highest BCUT2D eigenvalue weighted by atomic mass is 35.5. The molecule has 0 aliphatic carbocycles. The fourth-order valence-corrected chi connectivity index (χ4v) is 3.16. The van der Waals surface area contributed by atoms with Crippen LogP contribution >= 0.6 is 23.2 Å². The molecule has 0 aliphatic heterocycles. The number of carbonyl (C=O) groups excluding carboxylic acids is 1. The van der Waals surface area contributed by atoms with Crippen LogP contribution in [0, 0.1) is 11.3 Å². The van der Waals surface area contributed by atoms with E-state index in [1.165, 1.54) is 0 Å². The Balaban J connectivity index is 1.91. The summed E-state index contributed by atoms with van der Waals surface area (Å²) in [4.78, 5) is 12.5. The Hall–Kier alpha value is -2.60. The summed E-state index contributed by atoms with van der Waals surface area (Å²) in [6, 6.07) is 23.5. The van der Waals surface area contributed by atoms with Gasteiger partial charge in [-0.3, -0.25) is 4.79 Å². The van der Waals surface area contributed by atoms with Crippen LogP contribution in [0.15, 0.2) is 72.8 Å². The lowest BCUT2D eigenvalue weighted by atomic mass is 9.91. The largest absolute Gasteiger partial charge is 0.289 e. The summed E-state index contributed by atoms with van der Waals surface area (Å²) in [5, 5.41) is 10.5. The number of nitrogens with zero attached hydrogens (tertiary/aromatic N) is 1. The van der Waals surface area contributed by atoms with Gasteiger partial charge in [0.25, 0.3) is 0 Å². The molecule has 3 aromatic carbocycles. The second kappa shape index (κ2) is 7.53. The lowest BCUT2D eigenvalue weighted by Crippen LogP contribution is -2.03. The van der Waals surface area contributed by atoms with E-state index < -0.39 is 5.92 Å². The van der Waals surface area contributed by atoms with Crippen molar-refractivity contribution in [3.05, 3.63) is 105 Å². The third kappa shape index (κ3) is 3.74. The summed E-state index contributed by atoms with van der Waals surface area (Å²) in [5.41, 5.74) is 2.67. The molecule has 3 aromatic rings. The van der Waals surface area contributed by atoms with Crippen LogP contribution in [0.3, 0.4) is 0 Å². The number of nitriles is 1. The molecule has 0 fully saturated rings. The zero-order valence-corrected chi connectivity index (χ0v) is 14.6. The van der Waals surface area contributed by atoms with Crippen LogP contribution in [0.1, 0.15) is 33.0 Å². The zero-order valence-electron chi connectivity index (χ0n) is 13.1. The molecule has 2 nitrogen and oxygen atoms in total. The van der Waals surface area contributed by atoms with E-state index in [4.69, 9.17) is 23.2 Å². The van der Waals surface area contributed by atoms with E-state index in [9.17, 15) is 10.1 Å². The van der Waals surface area contributed by atoms with Crippen LogP contribution in [0.2, 0.25) is 10.0 Å². The quantitative estimate of drug-likeness (QED) is 0.541. The van der Waals surface area contributed by atoms with Crippen molar-refractivity contribution in [2.75, 3.05) is 0 Å². The van der Waals surface area contributed by atoms with Crippen molar-refractivity contribution in [1.29, 1.82) is 5.26 Å². The molecular weight excluding hydrogens is 353 g/mol. The Morgan fingerprint density at radius 3 is 2.12 bits per heavy atom. The Bertz CT molecular complexity index is 944. The number of hydrogen-bond donors (Lipinski definition) is 0. The molecule has 0 amide bonds. The monoisotopic (exact) mass is 365 g/mol. The van der Waals surface area contributed by atoms with Gasteiger partial charge in [0.05, 0.1) is 12.0 Å². The average Bonchev–Trinajstić information content (AvgIpc) is 2.65. The standard InChI is InChI=1S/C21H13Cl2NO/c22-17-10-11-18(20(23)12-17)19(13-24)14-6-8-16(9-7-14)21(25)15-4-2-1-3-5-15/h1-12,19H/t19-/m1/s1. The van der Waals surface area contributed by atoms with Crippen LogP contribution in [0.5, 0.6) is 0 Å². The van der Waals surface area contributed by atoms with Crippen molar-refractivity contribution in [2.24, 2.45) is 0 Å². The zero-order chi connectivity index (χ0) is 17.8. The predicted molar refractivity (Wildman–Crippen MR) is 100 cm³/mol. The highest BCUT2D eigenvalue weighted by Crippen LogP contribution is 2.32. The van der Waals surface area contributed by atoms with Gasteiger partial charge in [-0.05, 0) is 23.3 Å². The number of benzene rings is 3. The normalized spacial score (nSPS) is 11.6. The molecule has 0 bridgehead atoms. The van der Waals surface area contributed by atoms with Gasteiger partial charge in [-0.25, -0.2) is 0 Å². The van der Waals surface area contributed by atoms with Crippen molar-refractivity contribution in [2.45, 2.75) is 5.92 Å². The molecule has 0 aromatic heterocycles. The Morgan fingerprint density at radius 1 is 0.880 bits per heavy atom. The van der Waals surface area contributed by atoms with E-state index in [0.717, 1.165) is 5.56 Å². The Labute approximate surface area is 156 Å². The summed E-state index contributed by atoms with van der Waals surface area (Å²) in [5.74, 6) is -0.573. The van der Waals surface area contributed by atoms with Crippen LogP contribution in [-0.4, -0.2) is 5.78 Å². The van der Waals surface area contributed by atoms with Crippen molar-refractivity contribution in [1.82, 2.24) is 0 Å². The fraction of sp³-hybridized carbons (Fsp3) is 0.0476. The Morgan fingerprint density at radius 2 is 1.52 bits per heavy atom. The van der Waals surface area contributed by atoms with Crippen molar-refractivity contribution >= 4 is 29.0 Å². The van der Waals surface area contributed by atoms with Gasteiger partial charge in [-0.15, -0.1) is 0 Å². The highest BCUT2D eigenvalue weighted by Gasteiger charge is 2.17. The lowest BCUT2D eigenvalue weighted by Gasteiger charge is -2.12. The second-order valence-electron chi connectivity index (χ2n) is 5.55. The van der Waals surface area contributed by atoms with Crippen LogP contribution in [-0.2, 0) is 0 Å². The molecule has 0 saturated carbocycles. The maximum absolute atomic E-state index is 12.5. The molecule has 122 valence electrons. The lowest BCUT2D eigenvalue weighted by molar-refractivity contribution is 0.103. The number of rotatable bonds is 4. The van der Waals surface area contributed by atoms with Gasteiger partial charge in [0.15, 0.2) is 5.78 Å². The molecule has 0 N–H and O–H groups in total. The third-order valence-electron chi connectivity index (χ3n) is 3.94. The minimum absolute atomic E-state index is 0.0508. The molecule has 0 unspecified atom stereocenters. The van der Waals surface area contributed by atoms with Crippen LogP contribution < -0.4 is 0 Å². The van der Waals surface area contributed by atoms with Gasteiger partial charge < -0.3 is 0 Å². The topological polar surface area (TPSA) is 40.9 Å². The first-order chi connectivity index (χ1) is 12.1. The minimum atomic E-state index is -0.523. The van der Waals surface area contributed by atoms with E-state index >= 15 is 0 Å². The summed E-state index contributed by atoms with van der Waals surface area (Å²) < 4.78 is 0. The molecule has 0 saturated heterocycles. The predicted octanol–water partition coefficient (Wildman–Crippen LogP) is 5.88. The number of ketones is 1. The van der Waals surface area contributed by atoms with E-state index in [1.807, 2.05) is 18.2 Å². The first-order valence-electron chi connectivity index (χ1n) is 7.64. The van der Waals surface area contributed by atoms with Crippen molar-refractivity contribution in [3.8, 4) is 6.07 Å². The van der Waals surface area contributed by atoms with E-state index in [2.05, 4.69) is 6.07 Å². The SMILES string of the molecule is N#C[C@H](c1ccc(C(=O)c2ccccc2)cc1)c1ccc(Cl)cc1Cl. The van der Waals surface area contributed by atoms with Gasteiger partial charge in [0.2, 0.25) is 0 Å². The average molecular weight is 366 g/mol. The molecule has 3 rings (SSSR count). The molecular formula is C21H13Cl2NO. The van der Waals surface area contributed by atoms with Crippen LogP contribution in [0.4, 0.5) is 0 Å². The van der Waals surface area contributed by atoms with Gasteiger partial charge in [0, 0.05) is 21.2 Å². The molecule has 25 heavy (non-hydrogen) atoms. The number of halogens is 2. The minimum Gasteiger partial charge on any atom is -0.289 e. The highest BCUT2D eigenvalue weighted by molar-refractivity contribution is 6.35. The molecule has 0 aliphatic rings. The summed E-state index contributed by atoms with van der Waals surface area (Å²) in [6.45, 7) is 0. The maximum atomic E-state index is 12.5. The van der Waals surface area contributed by atoms with E-state index in [-0.39, 0.29) is 5.78 Å². The molecule has 1 atom stereocenters. The van der Waals surface area contributed by atoms with Gasteiger partial charge >= 0.3 is 0 Å². The molecule has 0 spiro atoms. The van der Waals surface area contributed by atoms with E-state index in [1.54, 1.807) is 54.6 Å². The molecule has 0 radical (unpaired) electrons. The van der Waals surface area contributed by atoms with Crippen molar-refractivity contribution < 1.29 is 4.79 Å². The van der Waals surface area contributed by atoms with Crippen LogP contribution in [0.25, 0.3) is 0 Å². The summed E-state index contributed by atoms with van der Waals surface area (Å²) in [6.07, 6.45) is 0. The summed E-state index contributed by atoms with van der Waals surface area (Å²) >= 11 is 12.1. The van der Waals surface area contributed by atoms with E-state index in [0.29, 0.717) is 26.7 Å². The third-order valence-corrected chi connectivity index (χ3v) is 4.51. The second-order valence-corrected chi connectivity index (χ2v) is 6.39. The number of carbonyl (C=O) groups is 1. The van der Waals surface area contributed by atoms with Crippen molar-refractivity contribution in [3.63, 3.8) is 0 Å². The molecule has 0 heterocycles. The fourth-order valence-electron chi connectivity index (χ4n) is 2.64. The maximum Gasteiger partial charge on any atom is 0.193 e. The summed E-state index contributed by atoms with van der Waals surface area (Å²) in [7, 11) is 0. The smallest absolute Gasteiger partial charge is 0.193 e. The first-order valence-corrected chi connectivity index (χ1v) is 8.40. The number of hydrogen-bond acceptors (Lipinski definition) is 2. The Kier molecular flexibility index (Phi) is 5.19. The van der Waals surface area contributed by atoms with Gasteiger partial charge in [0.1, 0.15) is 0 Å².